The van der Waals surface area contributed by atoms with Crippen molar-refractivity contribution >= 4 is 29.2 Å². The zero-order valence-corrected chi connectivity index (χ0v) is 8.69. The first-order chi connectivity index (χ1) is 6.24. The molecule has 13 heavy (non-hydrogen) atoms. The van der Waals surface area contributed by atoms with E-state index in [-0.39, 0.29) is 11.8 Å². The third-order valence-electron chi connectivity index (χ3n) is 1.39. The fourth-order valence-electron chi connectivity index (χ4n) is 0.641. The van der Waals surface area contributed by atoms with Crippen LogP contribution in [-0.2, 0) is 4.79 Å². The number of hydrogen-bond donors (Lipinski definition) is 2. The maximum Gasteiger partial charge on any atom is 0.237 e. The SMILES string of the molecule is CC(CSc1ncns1)C(=O)NN. The highest BCUT2D eigenvalue weighted by atomic mass is 32.2. The Morgan fingerprint density at radius 1 is 1.92 bits per heavy atom. The van der Waals surface area contributed by atoms with E-state index in [0.717, 1.165) is 4.34 Å². The number of hydrogen-bond acceptors (Lipinski definition) is 6. The standard InChI is InChI=1S/C6H10N4OS2/c1-4(5(11)10-7)2-12-6-8-3-9-13-6/h3-4H,2,7H2,1H3,(H,10,11). The van der Waals surface area contributed by atoms with E-state index in [0.29, 0.717) is 5.75 Å². The monoisotopic (exact) mass is 218 g/mol. The van der Waals surface area contributed by atoms with Crippen LogP contribution in [-0.4, -0.2) is 21.0 Å². The summed E-state index contributed by atoms with van der Waals surface area (Å²) in [6.45, 7) is 1.82. The van der Waals surface area contributed by atoms with E-state index < -0.39 is 0 Å². The second-order valence-corrected chi connectivity index (χ2v) is 4.48. The van der Waals surface area contributed by atoms with Gasteiger partial charge in [-0.1, -0.05) is 18.7 Å². The fourth-order valence-corrected chi connectivity index (χ4v) is 2.13. The molecule has 1 heterocycles. The number of amides is 1. The van der Waals surface area contributed by atoms with Crippen LogP contribution in [0, 0.1) is 5.92 Å². The molecule has 0 spiro atoms. The molecule has 0 fully saturated rings. The Balaban J connectivity index is 2.30. The summed E-state index contributed by atoms with van der Waals surface area (Å²) in [5.74, 6) is 5.38. The first-order valence-corrected chi connectivity index (χ1v) is 5.40. The normalized spacial score (nSPS) is 12.5. The molecule has 0 aliphatic rings. The molecule has 1 rings (SSSR count). The van der Waals surface area contributed by atoms with Crippen molar-refractivity contribution in [2.24, 2.45) is 11.8 Å². The third-order valence-corrected chi connectivity index (χ3v) is 3.45. The van der Waals surface area contributed by atoms with E-state index in [2.05, 4.69) is 14.8 Å². The maximum absolute atomic E-state index is 11.0. The lowest BCUT2D eigenvalue weighted by atomic mass is 10.2. The minimum atomic E-state index is -0.156. The van der Waals surface area contributed by atoms with Gasteiger partial charge in [0.05, 0.1) is 0 Å². The molecule has 72 valence electrons. The van der Waals surface area contributed by atoms with Gasteiger partial charge in [-0.15, -0.1) is 0 Å². The predicted octanol–water partition coefficient (Wildman–Crippen LogP) is 0.256. The van der Waals surface area contributed by atoms with E-state index >= 15 is 0 Å². The third kappa shape index (κ3) is 3.29. The first-order valence-electron chi connectivity index (χ1n) is 3.64. The molecular formula is C6H10N4OS2. The quantitative estimate of drug-likeness (QED) is 0.328. The van der Waals surface area contributed by atoms with Crippen LogP contribution < -0.4 is 11.3 Å². The van der Waals surface area contributed by atoms with Crippen LogP contribution in [0.25, 0.3) is 0 Å². The lowest BCUT2D eigenvalue weighted by Gasteiger charge is -2.06. The minimum absolute atomic E-state index is 0.112. The second kappa shape index (κ2) is 5.15. The average molecular weight is 218 g/mol. The van der Waals surface area contributed by atoms with Gasteiger partial charge >= 0.3 is 0 Å². The Bertz CT molecular complexity index is 264. The molecule has 3 N–H and O–H groups in total. The predicted molar refractivity (Wildman–Crippen MR) is 52.1 cm³/mol. The number of carbonyl (C=O) groups excluding carboxylic acids is 1. The Morgan fingerprint density at radius 2 is 2.69 bits per heavy atom. The van der Waals surface area contributed by atoms with Crippen molar-refractivity contribution in [2.75, 3.05) is 5.75 Å². The summed E-state index contributed by atoms with van der Waals surface area (Å²) in [6, 6.07) is 0. The highest BCUT2D eigenvalue weighted by Gasteiger charge is 2.12. The van der Waals surface area contributed by atoms with Gasteiger partial charge in [-0.25, -0.2) is 10.8 Å². The van der Waals surface area contributed by atoms with E-state index in [1.54, 1.807) is 0 Å². The van der Waals surface area contributed by atoms with Gasteiger partial charge in [0, 0.05) is 11.7 Å². The lowest BCUT2D eigenvalue weighted by molar-refractivity contribution is -0.123. The fraction of sp³-hybridized carbons (Fsp3) is 0.500. The van der Waals surface area contributed by atoms with Gasteiger partial charge in [-0.3, -0.25) is 10.2 Å². The largest absolute Gasteiger partial charge is 0.294 e. The number of rotatable bonds is 4. The molecular weight excluding hydrogens is 208 g/mol. The van der Waals surface area contributed by atoms with E-state index in [4.69, 9.17) is 5.84 Å². The van der Waals surface area contributed by atoms with Gasteiger partial charge in [0.2, 0.25) is 5.91 Å². The van der Waals surface area contributed by atoms with Crippen LogP contribution in [0.3, 0.4) is 0 Å². The highest BCUT2D eigenvalue weighted by molar-refractivity contribution is 8.00. The maximum atomic E-state index is 11.0. The molecule has 7 heteroatoms. The van der Waals surface area contributed by atoms with E-state index in [9.17, 15) is 4.79 Å². The number of hydrazine groups is 1. The average Bonchev–Trinajstić information content (AvgIpc) is 2.65. The molecule has 0 saturated heterocycles. The summed E-state index contributed by atoms with van der Waals surface area (Å²) >= 11 is 2.83. The van der Waals surface area contributed by atoms with Gasteiger partial charge in [0.15, 0.2) is 4.34 Å². The van der Waals surface area contributed by atoms with E-state index in [1.165, 1.54) is 29.6 Å². The summed E-state index contributed by atoms with van der Waals surface area (Å²) in [7, 11) is 0. The van der Waals surface area contributed by atoms with Crippen LogP contribution in [0.1, 0.15) is 6.92 Å². The van der Waals surface area contributed by atoms with Crippen LogP contribution >= 0.6 is 23.3 Å². The molecule has 0 radical (unpaired) electrons. The number of thioether (sulfide) groups is 1. The number of carbonyl (C=O) groups is 1. The van der Waals surface area contributed by atoms with Crippen molar-refractivity contribution < 1.29 is 4.79 Å². The number of nitrogens with zero attached hydrogens (tertiary/aromatic N) is 2. The Labute approximate surface area is 84.3 Å². The molecule has 1 aromatic heterocycles. The number of aromatic nitrogens is 2. The highest BCUT2D eigenvalue weighted by Crippen LogP contribution is 2.20. The molecule has 5 nitrogen and oxygen atoms in total. The zero-order valence-electron chi connectivity index (χ0n) is 7.06. The van der Waals surface area contributed by atoms with E-state index in [1.807, 2.05) is 6.92 Å². The summed E-state index contributed by atoms with van der Waals surface area (Å²) < 4.78 is 4.72. The van der Waals surface area contributed by atoms with Gasteiger partial charge in [0.25, 0.3) is 0 Å². The van der Waals surface area contributed by atoms with Crippen molar-refractivity contribution in [3.8, 4) is 0 Å². The topological polar surface area (TPSA) is 80.9 Å². The van der Waals surface area contributed by atoms with Crippen LogP contribution in [0.5, 0.6) is 0 Å². The molecule has 0 aromatic carbocycles. The van der Waals surface area contributed by atoms with Crippen molar-refractivity contribution in [1.29, 1.82) is 0 Å². The molecule has 1 unspecified atom stereocenters. The lowest BCUT2D eigenvalue weighted by Crippen LogP contribution is -2.35. The zero-order chi connectivity index (χ0) is 9.68. The summed E-state index contributed by atoms with van der Waals surface area (Å²) in [5.41, 5.74) is 2.11. The summed E-state index contributed by atoms with van der Waals surface area (Å²) in [5, 5.41) is 0. The van der Waals surface area contributed by atoms with Crippen LogP contribution in [0.15, 0.2) is 10.7 Å². The smallest absolute Gasteiger partial charge is 0.237 e. The summed E-state index contributed by atoms with van der Waals surface area (Å²) in [6.07, 6.45) is 1.50. The van der Waals surface area contributed by atoms with Crippen molar-refractivity contribution in [1.82, 2.24) is 14.8 Å². The number of nitrogens with two attached hydrogens (primary N) is 1. The Morgan fingerprint density at radius 3 is 3.23 bits per heavy atom. The first kappa shape index (κ1) is 10.4. The van der Waals surface area contributed by atoms with Gasteiger partial charge < -0.3 is 0 Å². The van der Waals surface area contributed by atoms with Crippen LogP contribution in [0.2, 0.25) is 0 Å². The molecule has 0 aliphatic carbocycles. The van der Waals surface area contributed by atoms with Crippen molar-refractivity contribution in [2.45, 2.75) is 11.3 Å². The molecule has 0 bridgehead atoms. The Kier molecular flexibility index (Phi) is 4.13. The Hall–Kier alpha value is -0.660. The van der Waals surface area contributed by atoms with Gasteiger partial charge in [-0.2, -0.15) is 4.37 Å². The van der Waals surface area contributed by atoms with Crippen molar-refractivity contribution in [3.63, 3.8) is 0 Å². The van der Waals surface area contributed by atoms with Crippen LogP contribution in [0.4, 0.5) is 0 Å². The molecule has 1 atom stereocenters. The molecule has 0 saturated carbocycles. The summed E-state index contributed by atoms with van der Waals surface area (Å²) in [4.78, 5) is 15.0. The minimum Gasteiger partial charge on any atom is -0.294 e. The van der Waals surface area contributed by atoms with Gasteiger partial charge in [0.1, 0.15) is 6.33 Å². The second-order valence-electron chi connectivity index (χ2n) is 2.43. The van der Waals surface area contributed by atoms with Crippen molar-refractivity contribution in [3.05, 3.63) is 6.33 Å². The molecule has 1 amide bonds. The molecule has 1 aromatic rings. The van der Waals surface area contributed by atoms with Gasteiger partial charge in [-0.05, 0) is 11.5 Å². The number of nitrogens with one attached hydrogen (secondary N) is 1. The molecule has 0 aliphatic heterocycles.